The van der Waals surface area contributed by atoms with E-state index in [1.807, 2.05) is 74.5 Å². The van der Waals surface area contributed by atoms with Gasteiger partial charge in [-0.05, 0) is 42.8 Å². The van der Waals surface area contributed by atoms with Crippen molar-refractivity contribution in [2.75, 3.05) is 23.9 Å². The fourth-order valence-corrected chi connectivity index (χ4v) is 3.80. The molecule has 0 spiro atoms. The maximum Gasteiger partial charge on any atom is 0.270 e. The molecule has 3 rings (SSSR count). The Balaban J connectivity index is 1.89. The molecular weight excluding hydrogens is 336 g/mol. The molecule has 0 aliphatic carbocycles. The van der Waals surface area contributed by atoms with Crippen molar-refractivity contribution in [3.05, 3.63) is 64.6 Å². The van der Waals surface area contributed by atoms with Gasteiger partial charge in [0.15, 0.2) is 4.32 Å². The van der Waals surface area contributed by atoms with Crippen LogP contribution in [-0.4, -0.2) is 24.3 Å². The fourth-order valence-electron chi connectivity index (χ4n) is 2.50. The Morgan fingerprint density at radius 3 is 2.46 bits per heavy atom. The van der Waals surface area contributed by atoms with Crippen LogP contribution in [0.1, 0.15) is 11.1 Å². The SMILES string of the molecule is Cc1cccc(/C=C2\SC(=S)N(c3ccc(N(C)C)cc3)C2=O)c1. The molecule has 0 aromatic heterocycles. The van der Waals surface area contributed by atoms with Gasteiger partial charge in [-0.15, -0.1) is 0 Å². The summed E-state index contributed by atoms with van der Waals surface area (Å²) in [7, 11) is 3.97. The summed E-state index contributed by atoms with van der Waals surface area (Å²) in [5, 5.41) is 0. The molecule has 24 heavy (non-hydrogen) atoms. The van der Waals surface area contributed by atoms with Crippen molar-refractivity contribution in [2.45, 2.75) is 6.92 Å². The van der Waals surface area contributed by atoms with Gasteiger partial charge in [0.05, 0.1) is 10.6 Å². The van der Waals surface area contributed by atoms with Crippen molar-refractivity contribution < 1.29 is 4.79 Å². The van der Waals surface area contributed by atoms with Crippen LogP contribution in [0.4, 0.5) is 11.4 Å². The monoisotopic (exact) mass is 354 g/mol. The number of hydrogen-bond acceptors (Lipinski definition) is 4. The molecule has 1 saturated heterocycles. The zero-order valence-corrected chi connectivity index (χ0v) is 15.4. The molecule has 0 bridgehead atoms. The third-order valence-electron chi connectivity index (χ3n) is 3.76. The van der Waals surface area contributed by atoms with E-state index in [4.69, 9.17) is 12.2 Å². The van der Waals surface area contributed by atoms with E-state index in [1.165, 1.54) is 17.3 Å². The van der Waals surface area contributed by atoms with Crippen LogP contribution in [0.2, 0.25) is 0 Å². The maximum atomic E-state index is 12.8. The highest BCUT2D eigenvalue weighted by molar-refractivity contribution is 8.27. The number of nitrogens with zero attached hydrogens (tertiary/aromatic N) is 2. The maximum absolute atomic E-state index is 12.8. The first kappa shape index (κ1) is 16.7. The largest absolute Gasteiger partial charge is 0.378 e. The normalized spacial score (nSPS) is 16.1. The van der Waals surface area contributed by atoms with Crippen LogP contribution in [0.25, 0.3) is 6.08 Å². The minimum Gasteiger partial charge on any atom is -0.378 e. The molecule has 0 radical (unpaired) electrons. The van der Waals surface area contributed by atoms with E-state index >= 15 is 0 Å². The lowest BCUT2D eigenvalue weighted by molar-refractivity contribution is -0.113. The Kier molecular flexibility index (Phi) is 4.73. The molecule has 1 heterocycles. The number of aryl methyl sites for hydroxylation is 1. The predicted molar refractivity (Wildman–Crippen MR) is 108 cm³/mol. The Morgan fingerprint density at radius 2 is 1.83 bits per heavy atom. The molecule has 0 atom stereocenters. The van der Waals surface area contributed by atoms with E-state index in [-0.39, 0.29) is 5.91 Å². The Bertz CT molecular complexity index is 826. The third kappa shape index (κ3) is 3.37. The molecule has 1 amide bonds. The summed E-state index contributed by atoms with van der Waals surface area (Å²) in [5.74, 6) is -0.0656. The molecule has 1 aliphatic heterocycles. The third-order valence-corrected chi connectivity index (χ3v) is 5.06. The van der Waals surface area contributed by atoms with Gasteiger partial charge in [0.2, 0.25) is 0 Å². The van der Waals surface area contributed by atoms with Gasteiger partial charge >= 0.3 is 0 Å². The second-order valence-corrected chi connectivity index (χ2v) is 7.52. The summed E-state index contributed by atoms with van der Waals surface area (Å²) in [6, 6.07) is 15.9. The van der Waals surface area contributed by atoms with Crippen molar-refractivity contribution >= 4 is 51.7 Å². The molecular formula is C19H18N2OS2. The average Bonchev–Trinajstić information content (AvgIpc) is 2.81. The van der Waals surface area contributed by atoms with Crippen molar-refractivity contribution in [1.29, 1.82) is 0 Å². The van der Waals surface area contributed by atoms with Crippen LogP contribution in [0, 0.1) is 6.92 Å². The molecule has 3 nitrogen and oxygen atoms in total. The summed E-state index contributed by atoms with van der Waals surface area (Å²) >= 11 is 6.77. The van der Waals surface area contributed by atoms with E-state index in [9.17, 15) is 4.79 Å². The first-order valence-corrected chi connectivity index (χ1v) is 8.80. The quantitative estimate of drug-likeness (QED) is 0.599. The van der Waals surface area contributed by atoms with Crippen LogP contribution in [-0.2, 0) is 4.79 Å². The summed E-state index contributed by atoms with van der Waals surface area (Å²) in [6.07, 6.45) is 1.90. The number of benzene rings is 2. The number of thioether (sulfide) groups is 1. The topological polar surface area (TPSA) is 23.6 Å². The second-order valence-electron chi connectivity index (χ2n) is 5.84. The first-order valence-electron chi connectivity index (χ1n) is 7.58. The van der Waals surface area contributed by atoms with Crippen molar-refractivity contribution in [3.63, 3.8) is 0 Å². The zero-order chi connectivity index (χ0) is 17.3. The highest BCUT2D eigenvalue weighted by Crippen LogP contribution is 2.36. The van der Waals surface area contributed by atoms with Crippen LogP contribution >= 0.6 is 24.0 Å². The zero-order valence-electron chi connectivity index (χ0n) is 13.8. The van der Waals surface area contributed by atoms with E-state index in [0.717, 1.165) is 16.9 Å². The number of thiocarbonyl (C=S) groups is 1. The lowest BCUT2D eigenvalue weighted by Gasteiger charge is -2.17. The average molecular weight is 355 g/mol. The molecule has 5 heteroatoms. The highest BCUT2D eigenvalue weighted by Gasteiger charge is 2.33. The Hall–Kier alpha value is -2.11. The number of hydrogen-bond donors (Lipinski definition) is 0. The number of anilines is 2. The first-order chi connectivity index (χ1) is 11.5. The van der Waals surface area contributed by atoms with Crippen LogP contribution in [0.3, 0.4) is 0 Å². The van der Waals surface area contributed by atoms with Gasteiger partial charge in [0.1, 0.15) is 0 Å². The molecule has 1 fully saturated rings. The Labute approximate surface area is 152 Å². The summed E-state index contributed by atoms with van der Waals surface area (Å²) < 4.78 is 0.566. The minimum absolute atomic E-state index is 0.0656. The van der Waals surface area contributed by atoms with Crippen LogP contribution < -0.4 is 9.80 Å². The molecule has 0 unspecified atom stereocenters. The van der Waals surface area contributed by atoms with Gasteiger partial charge in [0, 0.05) is 19.8 Å². The van der Waals surface area contributed by atoms with Gasteiger partial charge in [0.25, 0.3) is 5.91 Å². The smallest absolute Gasteiger partial charge is 0.270 e. The summed E-state index contributed by atoms with van der Waals surface area (Å²) in [6.45, 7) is 2.04. The molecule has 0 N–H and O–H groups in total. The second kappa shape index (κ2) is 6.79. The summed E-state index contributed by atoms with van der Waals surface area (Å²) in [4.78, 5) is 17.0. The van der Waals surface area contributed by atoms with Crippen molar-refractivity contribution in [2.24, 2.45) is 0 Å². The standard InChI is InChI=1S/C19H18N2OS2/c1-13-5-4-6-14(11-13)12-17-18(22)21(19(23)24-17)16-9-7-15(8-10-16)20(2)3/h4-12H,1-3H3/b17-12-. The predicted octanol–water partition coefficient (Wildman–Crippen LogP) is 4.47. The summed E-state index contributed by atoms with van der Waals surface area (Å²) in [5.41, 5.74) is 4.06. The fraction of sp³-hybridized carbons (Fsp3) is 0.158. The van der Waals surface area contributed by atoms with Crippen LogP contribution in [0.5, 0.6) is 0 Å². The number of carbonyl (C=O) groups excluding carboxylic acids is 1. The number of carbonyl (C=O) groups is 1. The highest BCUT2D eigenvalue weighted by atomic mass is 32.2. The van der Waals surface area contributed by atoms with Crippen molar-refractivity contribution in [3.8, 4) is 0 Å². The van der Waals surface area contributed by atoms with E-state index < -0.39 is 0 Å². The van der Waals surface area contributed by atoms with Gasteiger partial charge in [-0.1, -0.05) is 53.8 Å². The molecule has 0 saturated carbocycles. The molecule has 1 aliphatic rings. The van der Waals surface area contributed by atoms with Crippen molar-refractivity contribution in [1.82, 2.24) is 0 Å². The lowest BCUT2D eigenvalue weighted by Crippen LogP contribution is -2.27. The van der Waals surface area contributed by atoms with E-state index in [2.05, 4.69) is 6.07 Å². The van der Waals surface area contributed by atoms with E-state index in [0.29, 0.717) is 9.23 Å². The molecule has 2 aromatic rings. The Morgan fingerprint density at radius 1 is 1.12 bits per heavy atom. The van der Waals surface area contributed by atoms with E-state index in [1.54, 1.807) is 4.90 Å². The minimum atomic E-state index is -0.0656. The molecule has 2 aromatic carbocycles. The number of rotatable bonds is 3. The van der Waals surface area contributed by atoms with Crippen LogP contribution in [0.15, 0.2) is 53.4 Å². The lowest BCUT2D eigenvalue weighted by atomic mass is 10.1. The number of amides is 1. The van der Waals surface area contributed by atoms with Gasteiger partial charge < -0.3 is 4.90 Å². The van der Waals surface area contributed by atoms with Gasteiger partial charge in [-0.25, -0.2) is 0 Å². The van der Waals surface area contributed by atoms with Gasteiger partial charge in [-0.2, -0.15) is 0 Å². The molecule has 122 valence electrons. The van der Waals surface area contributed by atoms with Gasteiger partial charge in [-0.3, -0.25) is 9.69 Å².